The first kappa shape index (κ1) is 16.2. The Hall–Kier alpha value is -0.860. The molecular formula is C17H30N2. The molecule has 1 aromatic carbocycles. The predicted octanol–water partition coefficient (Wildman–Crippen LogP) is 3.68. The van der Waals surface area contributed by atoms with Crippen molar-refractivity contribution in [2.75, 3.05) is 19.6 Å². The molecule has 1 N–H and O–H groups in total. The molecule has 19 heavy (non-hydrogen) atoms. The predicted molar refractivity (Wildman–Crippen MR) is 84.4 cm³/mol. The zero-order valence-electron chi connectivity index (χ0n) is 12.9. The lowest BCUT2D eigenvalue weighted by Gasteiger charge is -2.28. The van der Waals surface area contributed by atoms with Gasteiger partial charge in [0.25, 0.3) is 0 Å². The minimum Gasteiger partial charge on any atom is -0.317 e. The molecule has 0 spiro atoms. The molecule has 2 heteroatoms. The number of nitrogens with one attached hydrogen (secondary N) is 1. The number of rotatable bonds is 10. The fraction of sp³-hybridized carbons (Fsp3) is 0.647. The van der Waals surface area contributed by atoms with Gasteiger partial charge in [-0.15, -0.1) is 0 Å². The van der Waals surface area contributed by atoms with Crippen LogP contribution >= 0.6 is 0 Å². The number of benzene rings is 1. The van der Waals surface area contributed by atoms with Gasteiger partial charge in [-0.3, -0.25) is 4.90 Å². The van der Waals surface area contributed by atoms with Gasteiger partial charge < -0.3 is 5.32 Å². The molecule has 1 unspecified atom stereocenters. The summed E-state index contributed by atoms with van der Waals surface area (Å²) in [5.41, 5.74) is 1.42. The van der Waals surface area contributed by atoms with Crippen LogP contribution in [0.1, 0.15) is 45.6 Å². The second-order valence-corrected chi connectivity index (χ2v) is 5.29. The highest BCUT2D eigenvalue weighted by Crippen LogP contribution is 2.11. The van der Waals surface area contributed by atoms with Crippen LogP contribution in [-0.2, 0) is 6.54 Å². The Labute approximate surface area is 119 Å². The highest BCUT2D eigenvalue weighted by atomic mass is 15.1. The summed E-state index contributed by atoms with van der Waals surface area (Å²) in [6.45, 7) is 11.3. The van der Waals surface area contributed by atoms with Crippen molar-refractivity contribution in [3.63, 3.8) is 0 Å². The second kappa shape index (κ2) is 9.99. The smallest absolute Gasteiger partial charge is 0.0236 e. The summed E-state index contributed by atoms with van der Waals surface area (Å²) >= 11 is 0. The highest BCUT2D eigenvalue weighted by Gasteiger charge is 2.11. The van der Waals surface area contributed by atoms with Gasteiger partial charge in [-0.2, -0.15) is 0 Å². The van der Waals surface area contributed by atoms with E-state index in [4.69, 9.17) is 0 Å². The van der Waals surface area contributed by atoms with Crippen LogP contribution in [0.4, 0.5) is 0 Å². The van der Waals surface area contributed by atoms with Crippen molar-refractivity contribution in [1.29, 1.82) is 0 Å². The fourth-order valence-corrected chi connectivity index (χ4v) is 2.40. The Morgan fingerprint density at radius 1 is 1.11 bits per heavy atom. The molecule has 0 amide bonds. The lowest BCUT2D eigenvalue weighted by atomic mass is 10.1. The number of hydrogen-bond donors (Lipinski definition) is 1. The van der Waals surface area contributed by atoms with Gasteiger partial charge in [-0.25, -0.2) is 0 Å². The first-order valence-electron chi connectivity index (χ1n) is 7.76. The van der Waals surface area contributed by atoms with Crippen LogP contribution in [0, 0.1) is 0 Å². The average Bonchev–Trinajstić information content (AvgIpc) is 2.45. The Bertz CT molecular complexity index is 310. The van der Waals surface area contributed by atoms with Gasteiger partial charge >= 0.3 is 0 Å². The molecule has 1 aromatic rings. The summed E-state index contributed by atoms with van der Waals surface area (Å²) in [7, 11) is 0. The molecule has 0 aromatic heterocycles. The molecule has 0 aliphatic heterocycles. The van der Waals surface area contributed by atoms with E-state index < -0.39 is 0 Å². The quantitative estimate of drug-likeness (QED) is 0.647. The SMILES string of the molecule is CCCNCCCC(C)N(CC)Cc1ccccc1. The van der Waals surface area contributed by atoms with E-state index in [0.29, 0.717) is 6.04 Å². The molecule has 108 valence electrons. The van der Waals surface area contributed by atoms with Crippen LogP contribution in [-0.4, -0.2) is 30.6 Å². The van der Waals surface area contributed by atoms with Gasteiger partial charge in [0, 0.05) is 12.6 Å². The normalized spacial score (nSPS) is 12.8. The summed E-state index contributed by atoms with van der Waals surface area (Å²) < 4.78 is 0. The van der Waals surface area contributed by atoms with Gasteiger partial charge in [0.05, 0.1) is 0 Å². The second-order valence-electron chi connectivity index (χ2n) is 5.29. The Balaban J connectivity index is 2.29. The third kappa shape index (κ3) is 6.74. The minimum absolute atomic E-state index is 0.661. The van der Waals surface area contributed by atoms with Crippen LogP contribution < -0.4 is 5.32 Å². The molecule has 0 aliphatic carbocycles. The van der Waals surface area contributed by atoms with Gasteiger partial charge in [-0.1, -0.05) is 44.2 Å². The molecule has 1 atom stereocenters. The largest absolute Gasteiger partial charge is 0.317 e. The lowest BCUT2D eigenvalue weighted by Crippen LogP contribution is -2.33. The maximum absolute atomic E-state index is 3.48. The number of nitrogens with zero attached hydrogens (tertiary/aromatic N) is 1. The summed E-state index contributed by atoms with van der Waals surface area (Å²) in [6.07, 6.45) is 3.77. The van der Waals surface area contributed by atoms with Crippen molar-refractivity contribution >= 4 is 0 Å². The van der Waals surface area contributed by atoms with E-state index in [2.05, 4.69) is 61.3 Å². The van der Waals surface area contributed by atoms with Crippen LogP contribution in [0.15, 0.2) is 30.3 Å². The van der Waals surface area contributed by atoms with Crippen molar-refractivity contribution in [2.45, 2.75) is 52.6 Å². The summed E-state index contributed by atoms with van der Waals surface area (Å²) in [4.78, 5) is 2.56. The van der Waals surface area contributed by atoms with Crippen molar-refractivity contribution in [3.8, 4) is 0 Å². The van der Waals surface area contributed by atoms with Gasteiger partial charge in [0.2, 0.25) is 0 Å². The highest BCUT2D eigenvalue weighted by molar-refractivity contribution is 5.14. The molecule has 2 nitrogen and oxygen atoms in total. The van der Waals surface area contributed by atoms with Crippen molar-refractivity contribution in [3.05, 3.63) is 35.9 Å². The summed E-state index contributed by atoms with van der Waals surface area (Å²) in [6, 6.07) is 11.4. The van der Waals surface area contributed by atoms with Crippen molar-refractivity contribution in [2.24, 2.45) is 0 Å². The van der Waals surface area contributed by atoms with E-state index in [0.717, 1.165) is 26.2 Å². The molecule has 0 bridgehead atoms. The fourth-order valence-electron chi connectivity index (χ4n) is 2.40. The number of hydrogen-bond acceptors (Lipinski definition) is 2. The Morgan fingerprint density at radius 3 is 2.47 bits per heavy atom. The molecule has 0 saturated carbocycles. The lowest BCUT2D eigenvalue weighted by molar-refractivity contribution is 0.198. The van der Waals surface area contributed by atoms with E-state index in [9.17, 15) is 0 Å². The van der Waals surface area contributed by atoms with Crippen LogP contribution in [0.5, 0.6) is 0 Å². The van der Waals surface area contributed by atoms with Crippen LogP contribution in [0.3, 0.4) is 0 Å². The first-order chi connectivity index (χ1) is 9.27. The molecule has 0 aliphatic rings. The zero-order valence-corrected chi connectivity index (χ0v) is 12.9. The van der Waals surface area contributed by atoms with E-state index in [1.165, 1.54) is 24.8 Å². The van der Waals surface area contributed by atoms with Gasteiger partial charge in [0.1, 0.15) is 0 Å². The third-order valence-electron chi connectivity index (χ3n) is 3.66. The minimum atomic E-state index is 0.661. The molecule has 0 radical (unpaired) electrons. The molecule has 1 rings (SSSR count). The standard InChI is InChI=1S/C17H30N2/c1-4-13-18-14-9-10-16(3)19(5-2)15-17-11-7-6-8-12-17/h6-8,11-12,16,18H,4-5,9-10,13-15H2,1-3H3. The van der Waals surface area contributed by atoms with E-state index in [-0.39, 0.29) is 0 Å². The average molecular weight is 262 g/mol. The van der Waals surface area contributed by atoms with Crippen LogP contribution in [0.2, 0.25) is 0 Å². The Kier molecular flexibility index (Phi) is 8.52. The van der Waals surface area contributed by atoms with Crippen molar-refractivity contribution in [1.82, 2.24) is 10.2 Å². The maximum atomic E-state index is 3.48. The van der Waals surface area contributed by atoms with Gasteiger partial charge in [0.15, 0.2) is 0 Å². The molecule has 0 heterocycles. The van der Waals surface area contributed by atoms with Crippen LogP contribution in [0.25, 0.3) is 0 Å². The van der Waals surface area contributed by atoms with E-state index in [1.807, 2.05) is 0 Å². The van der Waals surface area contributed by atoms with Crippen molar-refractivity contribution < 1.29 is 0 Å². The topological polar surface area (TPSA) is 15.3 Å². The molecule has 0 fully saturated rings. The van der Waals surface area contributed by atoms with Gasteiger partial charge in [-0.05, 0) is 51.4 Å². The molecule has 0 saturated heterocycles. The Morgan fingerprint density at radius 2 is 1.84 bits per heavy atom. The summed E-state index contributed by atoms with van der Waals surface area (Å²) in [5.74, 6) is 0. The van der Waals surface area contributed by atoms with E-state index in [1.54, 1.807) is 0 Å². The summed E-state index contributed by atoms with van der Waals surface area (Å²) in [5, 5.41) is 3.48. The first-order valence-corrected chi connectivity index (χ1v) is 7.76. The maximum Gasteiger partial charge on any atom is 0.0236 e. The third-order valence-corrected chi connectivity index (χ3v) is 3.66. The zero-order chi connectivity index (χ0) is 13.9. The monoisotopic (exact) mass is 262 g/mol. The molecular weight excluding hydrogens is 232 g/mol. The van der Waals surface area contributed by atoms with E-state index >= 15 is 0 Å².